The minimum Gasteiger partial charge on any atom is -0.465 e. The van der Waals surface area contributed by atoms with E-state index in [9.17, 15) is 4.79 Å². The Kier molecular flexibility index (Phi) is 2.63. The van der Waals surface area contributed by atoms with Gasteiger partial charge in [0.2, 0.25) is 0 Å². The Bertz CT molecular complexity index is 102. The molecule has 1 amide bonds. The molecule has 0 saturated heterocycles. The van der Waals surface area contributed by atoms with Gasteiger partial charge < -0.3 is 10.8 Å². The van der Waals surface area contributed by atoms with Gasteiger partial charge in [0.15, 0.2) is 0 Å². The molecule has 0 radical (unpaired) electrons. The molecule has 0 spiro atoms. The van der Waals surface area contributed by atoms with Crippen molar-refractivity contribution in [3.05, 3.63) is 0 Å². The third kappa shape index (κ3) is 2.77. The van der Waals surface area contributed by atoms with Crippen LogP contribution in [0.4, 0.5) is 4.79 Å². The molecular weight excluding hydrogens is 127 g/mol. The maximum Gasteiger partial charge on any atom is 0.410 e. The second-order valence-corrected chi connectivity index (χ2v) is 1.87. The van der Waals surface area contributed by atoms with Crippen molar-refractivity contribution in [2.45, 2.75) is 0 Å². The van der Waals surface area contributed by atoms with Crippen LogP contribution in [0.1, 0.15) is 0 Å². The van der Waals surface area contributed by atoms with Gasteiger partial charge in [0.25, 0.3) is 1.43 Å². The zero-order valence-corrected chi connectivity index (χ0v) is 5.49. The Hall–Kier alpha value is -0.340. The third-order valence-electron chi connectivity index (χ3n) is 0.605. The highest BCUT2D eigenvalue weighted by Gasteiger charge is 2.00. The van der Waals surface area contributed by atoms with E-state index in [2.05, 4.69) is 14.5 Å². The van der Waals surface area contributed by atoms with Gasteiger partial charge in [-0.1, -0.05) is 0 Å². The van der Waals surface area contributed by atoms with E-state index >= 15 is 0 Å². The van der Waals surface area contributed by atoms with Gasteiger partial charge in [-0.05, 0) is 9.39 Å². The monoisotopic (exact) mass is 137 g/mol. The van der Waals surface area contributed by atoms with Gasteiger partial charge in [-0.3, -0.25) is 4.67 Å². The first-order chi connectivity index (χ1) is 4.22. The number of carbonyl (C=O) groups is 1. The summed E-state index contributed by atoms with van der Waals surface area (Å²) in [6.07, 6.45) is -0.717. The lowest BCUT2D eigenvalue weighted by molar-refractivity contribution is 0.176. The normalized spacial score (nSPS) is 10.0. The Morgan fingerprint density at radius 2 is 2.75 bits per heavy atom. The molecule has 0 aliphatic carbocycles. The third-order valence-corrected chi connectivity index (χ3v) is 1.07. The molecule has 1 unspecified atom stereocenters. The second-order valence-electron chi connectivity index (χ2n) is 1.25. The van der Waals surface area contributed by atoms with Crippen molar-refractivity contribution in [2.24, 2.45) is 5.73 Å². The van der Waals surface area contributed by atoms with Crippen molar-refractivity contribution >= 4 is 15.5 Å². The fourth-order valence-corrected chi connectivity index (χ4v) is 0.379. The first kappa shape index (κ1) is 5.79. The predicted molar refractivity (Wildman–Crippen MR) is 33.5 cm³/mol. The molecule has 0 rings (SSSR count). The molecule has 3 N–H and O–H groups in total. The van der Waals surface area contributed by atoms with Crippen LogP contribution in [-0.4, -0.2) is 29.0 Å². The van der Waals surface area contributed by atoms with Gasteiger partial charge in [-0.25, -0.2) is 4.79 Å². The van der Waals surface area contributed by atoms with E-state index in [0.717, 1.165) is 4.67 Å². The van der Waals surface area contributed by atoms with Crippen molar-refractivity contribution in [2.75, 3.05) is 13.1 Å². The van der Waals surface area contributed by atoms with E-state index in [1.165, 1.54) is 0 Å². The fraction of sp³-hybridized carbons (Fsp3) is 0.667. The zero-order valence-electron chi connectivity index (χ0n) is 5.33. The largest absolute Gasteiger partial charge is 0.465 e. The molecule has 5 heteroatoms. The number of rotatable bonds is 2. The van der Waals surface area contributed by atoms with Crippen molar-refractivity contribution in [3.8, 4) is 0 Å². The van der Waals surface area contributed by atoms with Gasteiger partial charge in [0.1, 0.15) is 0 Å². The van der Waals surface area contributed by atoms with Crippen molar-refractivity contribution in [1.82, 2.24) is 4.67 Å². The van der Waals surface area contributed by atoms with Crippen molar-refractivity contribution < 1.29 is 9.90 Å². The minimum absolute atomic E-state index is 0.360. The molecule has 0 fully saturated rings. The van der Waals surface area contributed by atoms with Gasteiger partial charge >= 0.3 is 6.09 Å². The Morgan fingerprint density at radius 3 is 3.12 bits per heavy atom. The molecular formula is C3H9N2O2P. The molecule has 0 bridgehead atoms. The summed E-state index contributed by atoms with van der Waals surface area (Å²) < 4.78 is 7.32. The lowest BCUT2D eigenvalue weighted by Gasteiger charge is -2.08. The van der Waals surface area contributed by atoms with Crippen LogP contribution in [0, 0.1) is 0 Å². The molecule has 0 aromatic carbocycles. The molecule has 0 saturated carbocycles. The highest BCUT2D eigenvalue weighted by Crippen LogP contribution is 1.94. The summed E-state index contributed by atoms with van der Waals surface area (Å²) in [5.41, 5.74) is 5.10. The SMILES string of the molecule is [2H]OC(=O)N(P)CCN. The minimum atomic E-state index is -0.717. The molecule has 0 heterocycles. The standard InChI is InChI=1S/C3H9N2O2P/c4-1-2-5(8)3(6)7/h1-2,4,8H2,(H,6,7)/i/hD. The number of nitrogens with zero attached hydrogens (tertiary/aromatic N) is 1. The summed E-state index contributed by atoms with van der Waals surface area (Å²) in [6.45, 7) is 0.737. The number of amides is 1. The predicted octanol–water partition coefficient (Wildman–Crippen LogP) is -0.285. The second kappa shape index (κ2) is 3.64. The summed E-state index contributed by atoms with van der Waals surface area (Å²) in [6, 6.07) is 0. The Balaban J connectivity index is 3.45. The molecule has 48 valence electrons. The van der Waals surface area contributed by atoms with Crippen LogP contribution in [0.15, 0.2) is 0 Å². The van der Waals surface area contributed by atoms with E-state index < -0.39 is 6.09 Å². The van der Waals surface area contributed by atoms with E-state index in [-0.39, 0.29) is 0 Å². The number of hydrogen-bond donors (Lipinski definition) is 2. The topological polar surface area (TPSA) is 66.6 Å². The first-order valence-corrected chi connectivity index (χ1v) is 2.63. The molecule has 0 aromatic heterocycles. The van der Waals surface area contributed by atoms with Crippen molar-refractivity contribution in [3.63, 3.8) is 0 Å². The highest BCUT2D eigenvalue weighted by molar-refractivity contribution is 7.14. The summed E-state index contributed by atoms with van der Waals surface area (Å²) in [4.78, 5) is 10.3. The molecule has 0 aliphatic rings. The smallest absolute Gasteiger partial charge is 0.410 e. The van der Waals surface area contributed by atoms with Gasteiger partial charge in [-0.2, -0.15) is 0 Å². The maximum absolute atomic E-state index is 10.3. The van der Waals surface area contributed by atoms with E-state index in [4.69, 9.17) is 7.16 Å². The number of hydrogen-bond acceptors (Lipinski definition) is 3. The summed E-state index contributed by atoms with van der Waals surface area (Å²) in [5, 5.41) is 3.63. The average molecular weight is 137 g/mol. The van der Waals surface area contributed by atoms with Crippen LogP contribution in [-0.2, 0) is 0 Å². The molecule has 1 atom stereocenters. The molecule has 8 heavy (non-hydrogen) atoms. The van der Waals surface area contributed by atoms with E-state index in [0.29, 0.717) is 13.1 Å². The summed E-state index contributed by atoms with van der Waals surface area (Å²) in [7, 11) is 2.10. The summed E-state index contributed by atoms with van der Waals surface area (Å²) in [5.74, 6) is 0. The van der Waals surface area contributed by atoms with Gasteiger partial charge in [0, 0.05) is 13.1 Å². The quantitative estimate of drug-likeness (QED) is 0.514. The average Bonchev–Trinajstić information content (AvgIpc) is 1.87. The molecule has 0 aliphatic heterocycles. The van der Waals surface area contributed by atoms with Crippen LogP contribution in [0.3, 0.4) is 0 Å². The van der Waals surface area contributed by atoms with Crippen LogP contribution >= 0.6 is 9.39 Å². The Morgan fingerprint density at radius 1 is 2.12 bits per heavy atom. The van der Waals surface area contributed by atoms with Crippen LogP contribution in [0.5, 0.6) is 0 Å². The summed E-state index contributed by atoms with van der Waals surface area (Å²) >= 11 is 0. The van der Waals surface area contributed by atoms with Gasteiger partial charge in [0.05, 0.1) is 0 Å². The first-order valence-electron chi connectivity index (χ1n) is 2.52. The van der Waals surface area contributed by atoms with Crippen molar-refractivity contribution in [1.29, 1.82) is 1.43 Å². The van der Waals surface area contributed by atoms with Crippen LogP contribution in [0.25, 0.3) is 1.43 Å². The van der Waals surface area contributed by atoms with Gasteiger partial charge in [-0.15, -0.1) is 0 Å². The van der Waals surface area contributed by atoms with E-state index in [1.54, 1.807) is 0 Å². The number of nitrogens with two attached hydrogens (primary N) is 1. The Labute approximate surface area is 51.4 Å². The fourth-order valence-electron chi connectivity index (χ4n) is 0.230. The molecule has 4 nitrogen and oxygen atoms in total. The molecule has 0 aromatic rings. The lowest BCUT2D eigenvalue weighted by Crippen LogP contribution is -2.24. The van der Waals surface area contributed by atoms with Crippen LogP contribution in [0.2, 0.25) is 0 Å². The van der Waals surface area contributed by atoms with Crippen LogP contribution < -0.4 is 5.73 Å². The maximum atomic E-state index is 10.3. The highest BCUT2D eigenvalue weighted by atomic mass is 31.0. The number of carboxylic acid groups (broad SMARTS) is 1. The van der Waals surface area contributed by atoms with E-state index in [1.807, 2.05) is 0 Å². The lowest BCUT2D eigenvalue weighted by atomic mass is 10.7. The zero-order chi connectivity index (χ0) is 7.28.